The highest BCUT2D eigenvalue weighted by Gasteiger charge is 2.57. The van der Waals surface area contributed by atoms with Crippen molar-refractivity contribution in [3.63, 3.8) is 0 Å². The zero-order chi connectivity index (χ0) is 17.8. The van der Waals surface area contributed by atoms with E-state index in [0.29, 0.717) is 16.4 Å². The van der Waals surface area contributed by atoms with Crippen molar-refractivity contribution in [3.05, 3.63) is 57.1 Å². The van der Waals surface area contributed by atoms with Crippen LogP contribution in [0.15, 0.2) is 45.6 Å². The number of amides is 1. The number of anilines is 2. The fourth-order valence-electron chi connectivity index (χ4n) is 3.40. The molecule has 0 unspecified atom stereocenters. The number of H-pyrrole nitrogens is 1. The Labute approximate surface area is 146 Å². The molecule has 1 spiro atoms. The number of thioether (sulfide) groups is 1. The lowest BCUT2D eigenvalue weighted by molar-refractivity contribution is -0.118. The van der Waals surface area contributed by atoms with Gasteiger partial charge in [0.05, 0.1) is 11.1 Å². The average Bonchev–Trinajstić information content (AvgIpc) is 2.87. The fourth-order valence-corrected chi connectivity index (χ4v) is 3.78. The van der Waals surface area contributed by atoms with E-state index in [1.54, 1.807) is 30.5 Å². The predicted molar refractivity (Wildman–Crippen MR) is 92.9 cm³/mol. The van der Waals surface area contributed by atoms with Crippen LogP contribution in [0.2, 0.25) is 0 Å². The third-order valence-electron chi connectivity index (χ3n) is 4.40. The number of benzene rings is 1. The van der Waals surface area contributed by atoms with Gasteiger partial charge >= 0.3 is 0 Å². The molecule has 124 valence electrons. The molecule has 1 aromatic carbocycles. The SMILES string of the molecule is CSc1nc2c(c(=O)[nH]1)[C@]1(C(=O)Nc3ccccc31)C(C#N)=C(N)N2. The highest BCUT2D eigenvalue weighted by atomic mass is 32.2. The van der Waals surface area contributed by atoms with Crippen molar-refractivity contribution in [2.24, 2.45) is 5.73 Å². The Bertz CT molecular complexity index is 1070. The highest BCUT2D eigenvalue weighted by Crippen LogP contribution is 2.50. The minimum atomic E-state index is -1.62. The minimum Gasteiger partial charge on any atom is -0.384 e. The number of nitrogens with two attached hydrogens (primary N) is 1. The maximum absolute atomic E-state index is 13.0. The van der Waals surface area contributed by atoms with Gasteiger partial charge in [-0.25, -0.2) is 4.98 Å². The lowest BCUT2D eigenvalue weighted by Gasteiger charge is -2.33. The van der Waals surface area contributed by atoms with Crippen LogP contribution in [0.4, 0.5) is 11.5 Å². The van der Waals surface area contributed by atoms with Gasteiger partial charge in [0.25, 0.3) is 5.56 Å². The summed E-state index contributed by atoms with van der Waals surface area (Å²) in [6, 6.07) is 8.92. The maximum atomic E-state index is 13.0. The van der Waals surface area contributed by atoms with E-state index >= 15 is 0 Å². The Kier molecular flexibility index (Phi) is 3.13. The van der Waals surface area contributed by atoms with Crippen molar-refractivity contribution in [1.82, 2.24) is 9.97 Å². The topological polar surface area (TPSA) is 137 Å². The molecule has 0 saturated carbocycles. The summed E-state index contributed by atoms with van der Waals surface area (Å²) in [5.41, 5.74) is 5.01. The van der Waals surface area contributed by atoms with Gasteiger partial charge in [-0.3, -0.25) is 9.59 Å². The van der Waals surface area contributed by atoms with Gasteiger partial charge in [-0.05, 0) is 12.3 Å². The summed E-state index contributed by atoms with van der Waals surface area (Å²) in [6.07, 6.45) is 1.76. The molecule has 0 fully saturated rings. The van der Waals surface area contributed by atoms with E-state index in [2.05, 4.69) is 20.6 Å². The number of nitrogens with one attached hydrogen (secondary N) is 3. The van der Waals surface area contributed by atoms with Gasteiger partial charge in [-0.15, -0.1) is 0 Å². The smallest absolute Gasteiger partial charge is 0.258 e. The van der Waals surface area contributed by atoms with E-state index in [1.807, 2.05) is 6.07 Å². The van der Waals surface area contributed by atoms with Crippen LogP contribution < -0.4 is 21.9 Å². The second-order valence-electron chi connectivity index (χ2n) is 5.57. The number of rotatable bonds is 1. The van der Waals surface area contributed by atoms with Gasteiger partial charge < -0.3 is 21.4 Å². The van der Waals surface area contributed by atoms with Gasteiger partial charge in [0.1, 0.15) is 23.1 Å². The molecular weight excluding hydrogens is 340 g/mol. The first-order valence-corrected chi connectivity index (χ1v) is 8.53. The van der Waals surface area contributed by atoms with Crippen molar-refractivity contribution in [1.29, 1.82) is 5.26 Å². The second-order valence-corrected chi connectivity index (χ2v) is 6.37. The van der Waals surface area contributed by atoms with Crippen LogP contribution in [0.3, 0.4) is 0 Å². The van der Waals surface area contributed by atoms with Crippen LogP contribution in [0, 0.1) is 11.3 Å². The Morgan fingerprint density at radius 1 is 1.28 bits per heavy atom. The van der Waals surface area contributed by atoms with Crippen LogP contribution in [-0.2, 0) is 10.2 Å². The van der Waals surface area contributed by atoms with Gasteiger partial charge in [0.2, 0.25) is 5.91 Å². The van der Waals surface area contributed by atoms with Crippen molar-refractivity contribution < 1.29 is 4.79 Å². The molecule has 0 saturated heterocycles. The summed E-state index contributed by atoms with van der Waals surface area (Å²) in [5.74, 6) is -0.316. The molecule has 9 heteroatoms. The Morgan fingerprint density at radius 3 is 2.76 bits per heavy atom. The minimum absolute atomic E-state index is 0.00649. The first-order valence-electron chi connectivity index (χ1n) is 7.31. The predicted octanol–water partition coefficient (Wildman–Crippen LogP) is 0.849. The van der Waals surface area contributed by atoms with E-state index in [-0.39, 0.29) is 22.8 Å². The number of aromatic amines is 1. The molecule has 0 bridgehead atoms. The molecule has 2 aromatic rings. The third-order valence-corrected chi connectivity index (χ3v) is 4.98. The van der Waals surface area contributed by atoms with Crippen molar-refractivity contribution in [2.75, 3.05) is 16.9 Å². The maximum Gasteiger partial charge on any atom is 0.258 e. The number of hydrogen-bond acceptors (Lipinski definition) is 7. The number of para-hydroxylation sites is 1. The van der Waals surface area contributed by atoms with Crippen molar-refractivity contribution >= 4 is 29.2 Å². The van der Waals surface area contributed by atoms with E-state index in [0.717, 1.165) is 0 Å². The number of fused-ring (bicyclic) bond motifs is 4. The molecule has 1 aromatic heterocycles. The molecule has 25 heavy (non-hydrogen) atoms. The molecule has 0 radical (unpaired) electrons. The molecule has 2 aliphatic heterocycles. The summed E-state index contributed by atoms with van der Waals surface area (Å²) < 4.78 is 0. The van der Waals surface area contributed by atoms with E-state index in [1.165, 1.54) is 11.8 Å². The van der Waals surface area contributed by atoms with Crippen molar-refractivity contribution in [2.45, 2.75) is 10.6 Å². The molecule has 3 heterocycles. The molecular formula is C16H12N6O2S. The van der Waals surface area contributed by atoms with Gasteiger partial charge in [-0.1, -0.05) is 30.0 Å². The van der Waals surface area contributed by atoms with Crippen LogP contribution in [0.1, 0.15) is 11.1 Å². The summed E-state index contributed by atoms with van der Waals surface area (Å²) >= 11 is 1.25. The van der Waals surface area contributed by atoms with Gasteiger partial charge in [0.15, 0.2) is 5.16 Å². The Balaban J connectivity index is 2.18. The molecule has 1 atom stereocenters. The Hall–Kier alpha value is -3.25. The van der Waals surface area contributed by atoms with Crippen LogP contribution in [0.5, 0.6) is 0 Å². The summed E-state index contributed by atoms with van der Waals surface area (Å²) in [4.78, 5) is 32.8. The highest BCUT2D eigenvalue weighted by molar-refractivity contribution is 7.98. The molecule has 0 aliphatic carbocycles. The zero-order valence-electron chi connectivity index (χ0n) is 13.0. The standard InChI is InChI=1S/C16H12N6O2S/c1-25-15-21-12-10(13(23)22-15)16(8(6-17)11(18)20-12)7-4-2-3-5-9(7)19-14(16)24/h2-5H,18H2,1H3,(H,19,24)(H2,20,21,22,23)/t16-/m1/s1. The van der Waals surface area contributed by atoms with Crippen molar-refractivity contribution in [3.8, 4) is 6.07 Å². The largest absolute Gasteiger partial charge is 0.384 e. The number of carbonyl (C=O) groups is 1. The first-order chi connectivity index (χ1) is 12.0. The summed E-state index contributed by atoms with van der Waals surface area (Å²) in [7, 11) is 0. The lowest BCUT2D eigenvalue weighted by atomic mass is 9.69. The molecule has 1 amide bonds. The zero-order valence-corrected chi connectivity index (χ0v) is 13.8. The van der Waals surface area contributed by atoms with E-state index in [9.17, 15) is 14.9 Å². The average molecular weight is 352 g/mol. The number of nitrogens with zero attached hydrogens (tertiary/aromatic N) is 2. The lowest BCUT2D eigenvalue weighted by Crippen LogP contribution is -2.47. The summed E-state index contributed by atoms with van der Waals surface area (Å²) in [6.45, 7) is 0. The van der Waals surface area contributed by atoms with Gasteiger partial charge in [-0.2, -0.15) is 5.26 Å². The number of aromatic nitrogens is 2. The second kappa shape index (κ2) is 5.12. The monoisotopic (exact) mass is 352 g/mol. The number of carbonyl (C=O) groups excluding carboxylic acids is 1. The molecule has 4 rings (SSSR count). The van der Waals surface area contributed by atoms with Crippen LogP contribution in [0.25, 0.3) is 0 Å². The first kappa shape index (κ1) is 15.3. The molecule has 8 nitrogen and oxygen atoms in total. The third kappa shape index (κ3) is 1.79. The molecule has 2 aliphatic rings. The van der Waals surface area contributed by atoms with E-state index in [4.69, 9.17) is 5.73 Å². The van der Waals surface area contributed by atoms with Crippen LogP contribution in [-0.4, -0.2) is 22.1 Å². The quantitative estimate of drug-likeness (QED) is 0.441. The number of hydrogen-bond donors (Lipinski definition) is 4. The number of nitriles is 1. The molecule has 5 N–H and O–H groups in total. The summed E-state index contributed by atoms with van der Waals surface area (Å²) in [5, 5.41) is 15.6. The van der Waals surface area contributed by atoms with Crippen LogP contribution >= 0.6 is 11.8 Å². The van der Waals surface area contributed by atoms with Gasteiger partial charge in [0, 0.05) is 11.3 Å². The Morgan fingerprint density at radius 2 is 2.04 bits per heavy atom. The van der Waals surface area contributed by atoms with E-state index < -0.39 is 16.9 Å². The fraction of sp³-hybridized carbons (Fsp3) is 0.125. The normalized spacial score (nSPS) is 20.6.